The molecule has 3 aromatic rings. The maximum absolute atomic E-state index is 13.7. The van der Waals surface area contributed by atoms with Crippen molar-refractivity contribution in [2.75, 3.05) is 7.11 Å². The van der Waals surface area contributed by atoms with Crippen molar-refractivity contribution in [2.45, 2.75) is 57.3 Å². The number of benzene rings is 1. The lowest BCUT2D eigenvalue weighted by Gasteiger charge is -2.44. The summed E-state index contributed by atoms with van der Waals surface area (Å²) in [5.74, 6) is 0.520. The van der Waals surface area contributed by atoms with Gasteiger partial charge in [-0.1, -0.05) is 31.0 Å². The van der Waals surface area contributed by atoms with E-state index in [4.69, 9.17) is 4.74 Å². The first-order valence-corrected chi connectivity index (χ1v) is 11.7. The SMILES string of the molecule is COc1ccccc1CN1C(=O)c2cc3ccsc3n2C[C@@]1(C)C(=O)NC1CCCC1. The number of thiophene rings is 1. The number of fused-ring (bicyclic) bond motifs is 3. The molecule has 2 amide bonds. The van der Waals surface area contributed by atoms with Gasteiger partial charge in [0.1, 0.15) is 21.8 Å². The molecule has 31 heavy (non-hydrogen) atoms. The minimum absolute atomic E-state index is 0.0771. The number of methoxy groups -OCH3 is 1. The molecule has 0 spiro atoms. The molecule has 1 atom stereocenters. The van der Waals surface area contributed by atoms with Crippen molar-refractivity contribution < 1.29 is 14.3 Å². The van der Waals surface area contributed by atoms with Gasteiger partial charge < -0.3 is 19.5 Å². The van der Waals surface area contributed by atoms with E-state index in [1.807, 2.05) is 53.3 Å². The number of nitrogens with one attached hydrogen (secondary N) is 1. The van der Waals surface area contributed by atoms with Gasteiger partial charge in [-0.2, -0.15) is 0 Å². The topological polar surface area (TPSA) is 63.6 Å². The Morgan fingerprint density at radius 2 is 2.03 bits per heavy atom. The normalized spacial score (nSPS) is 21.5. The van der Waals surface area contributed by atoms with E-state index in [1.165, 1.54) is 0 Å². The monoisotopic (exact) mass is 437 g/mol. The van der Waals surface area contributed by atoms with Crippen molar-refractivity contribution in [2.24, 2.45) is 0 Å². The third kappa shape index (κ3) is 3.31. The summed E-state index contributed by atoms with van der Waals surface area (Å²) in [6.45, 7) is 2.65. The molecule has 2 aliphatic rings. The molecule has 1 aromatic carbocycles. The number of amides is 2. The first-order valence-electron chi connectivity index (χ1n) is 10.8. The van der Waals surface area contributed by atoms with Crippen molar-refractivity contribution in [1.29, 1.82) is 0 Å². The molecule has 1 fully saturated rings. The largest absolute Gasteiger partial charge is 0.496 e. The second-order valence-electron chi connectivity index (χ2n) is 8.73. The molecule has 1 aliphatic carbocycles. The first-order chi connectivity index (χ1) is 15.0. The maximum Gasteiger partial charge on any atom is 0.271 e. The van der Waals surface area contributed by atoms with Crippen LogP contribution in [0.1, 0.15) is 48.7 Å². The summed E-state index contributed by atoms with van der Waals surface area (Å²) >= 11 is 1.61. The van der Waals surface area contributed by atoms with Crippen LogP contribution in [0.15, 0.2) is 41.8 Å². The van der Waals surface area contributed by atoms with Crippen LogP contribution in [0.25, 0.3) is 10.2 Å². The van der Waals surface area contributed by atoms with Crippen LogP contribution in [0, 0.1) is 0 Å². The van der Waals surface area contributed by atoms with E-state index in [1.54, 1.807) is 23.3 Å². The molecule has 162 valence electrons. The molecule has 0 radical (unpaired) electrons. The van der Waals surface area contributed by atoms with Gasteiger partial charge in [0, 0.05) is 17.0 Å². The highest BCUT2D eigenvalue weighted by molar-refractivity contribution is 7.16. The van der Waals surface area contributed by atoms with Crippen LogP contribution in [0.4, 0.5) is 0 Å². The van der Waals surface area contributed by atoms with E-state index in [-0.39, 0.29) is 17.9 Å². The maximum atomic E-state index is 13.7. The van der Waals surface area contributed by atoms with Gasteiger partial charge >= 0.3 is 0 Å². The summed E-state index contributed by atoms with van der Waals surface area (Å²) in [5.41, 5.74) is 0.534. The lowest BCUT2D eigenvalue weighted by molar-refractivity contribution is -0.133. The Bertz CT molecular complexity index is 1140. The first kappa shape index (κ1) is 20.1. The van der Waals surface area contributed by atoms with Gasteiger partial charge in [0.2, 0.25) is 5.91 Å². The van der Waals surface area contributed by atoms with Gasteiger partial charge in [0.25, 0.3) is 5.91 Å². The average molecular weight is 438 g/mol. The predicted molar refractivity (Wildman–Crippen MR) is 121 cm³/mol. The fourth-order valence-electron chi connectivity index (χ4n) is 4.92. The second-order valence-corrected chi connectivity index (χ2v) is 9.62. The average Bonchev–Trinajstić information content (AvgIpc) is 3.50. The zero-order chi connectivity index (χ0) is 21.6. The van der Waals surface area contributed by atoms with Crippen molar-refractivity contribution in [3.63, 3.8) is 0 Å². The number of carbonyl (C=O) groups is 2. The molecular formula is C24H27N3O3S. The van der Waals surface area contributed by atoms with Crippen LogP contribution in [-0.4, -0.2) is 40.0 Å². The third-order valence-electron chi connectivity index (χ3n) is 6.73. The predicted octanol–water partition coefficient (Wildman–Crippen LogP) is 4.18. The van der Waals surface area contributed by atoms with E-state index in [0.29, 0.717) is 18.8 Å². The molecule has 1 saturated carbocycles. The highest BCUT2D eigenvalue weighted by atomic mass is 32.1. The summed E-state index contributed by atoms with van der Waals surface area (Å²) in [4.78, 5) is 30.1. The summed E-state index contributed by atoms with van der Waals surface area (Å²) < 4.78 is 7.54. The molecule has 0 bridgehead atoms. The van der Waals surface area contributed by atoms with Gasteiger partial charge in [0.05, 0.1) is 20.2 Å². The van der Waals surface area contributed by atoms with Crippen molar-refractivity contribution in [3.8, 4) is 5.75 Å². The Labute approximate surface area is 185 Å². The number of para-hydroxylation sites is 1. The zero-order valence-electron chi connectivity index (χ0n) is 17.9. The number of hydrogen-bond donors (Lipinski definition) is 1. The Hall–Kier alpha value is -2.80. The fraction of sp³-hybridized carbons (Fsp3) is 0.417. The minimum Gasteiger partial charge on any atom is -0.496 e. The second kappa shape index (κ2) is 7.71. The summed E-state index contributed by atoms with van der Waals surface area (Å²) in [7, 11) is 1.63. The lowest BCUT2D eigenvalue weighted by Crippen LogP contribution is -2.64. The summed E-state index contributed by atoms with van der Waals surface area (Å²) in [5, 5.41) is 6.32. The molecular weight excluding hydrogens is 410 g/mol. The Morgan fingerprint density at radius 1 is 1.26 bits per heavy atom. The molecule has 0 saturated heterocycles. The van der Waals surface area contributed by atoms with Crippen molar-refractivity contribution in [3.05, 3.63) is 53.0 Å². The minimum atomic E-state index is -0.997. The number of rotatable bonds is 5. The van der Waals surface area contributed by atoms with Crippen molar-refractivity contribution >= 4 is 33.4 Å². The van der Waals surface area contributed by atoms with E-state index in [2.05, 4.69) is 5.32 Å². The number of aromatic nitrogens is 1. The fourth-order valence-corrected chi connectivity index (χ4v) is 5.82. The molecule has 0 unspecified atom stereocenters. The van der Waals surface area contributed by atoms with Crippen LogP contribution in [-0.2, 0) is 17.9 Å². The van der Waals surface area contributed by atoms with Gasteiger partial charge in [-0.25, -0.2) is 0 Å². The molecule has 5 rings (SSSR count). The van der Waals surface area contributed by atoms with Gasteiger partial charge in [-0.05, 0) is 43.3 Å². The highest BCUT2D eigenvalue weighted by Gasteiger charge is 2.48. The smallest absolute Gasteiger partial charge is 0.271 e. The van der Waals surface area contributed by atoms with Gasteiger partial charge in [-0.15, -0.1) is 11.3 Å². The summed E-state index contributed by atoms with van der Waals surface area (Å²) in [6.07, 6.45) is 4.30. The van der Waals surface area contributed by atoms with Crippen LogP contribution in [0.3, 0.4) is 0 Å². The van der Waals surface area contributed by atoms with E-state index < -0.39 is 5.54 Å². The van der Waals surface area contributed by atoms with Crippen LogP contribution in [0.5, 0.6) is 5.75 Å². The van der Waals surface area contributed by atoms with Gasteiger partial charge in [0.15, 0.2) is 0 Å². The zero-order valence-corrected chi connectivity index (χ0v) is 18.7. The molecule has 1 aliphatic heterocycles. The number of nitrogens with zero attached hydrogens (tertiary/aromatic N) is 2. The Balaban J connectivity index is 1.56. The van der Waals surface area contributed by atoms with Gasteiger partial charge in [-0.3, -0.25) is 9.59 Å². The number of hydrogen-bond acceptors (Lipinski definition) is 4. The Kier molecular flexibility index (Phi) is 5.01. The van der Waals surface area contributed by atoms with E-state index in [9.17, 15) is 9.59 Å². The van der Waals surface area contributed by atoms with E-state index in [0.717, 1.165) is 47.2 Å². The van der Waals surface area contributed by atoms with E-state index >= 15 is 0 Å². The Morgan fingerprint density at radius 3 is 2.81 bits per heavy atom. The molecule has 7 heteroatoms. The number of carbonyl (C=O) groups excluding carboxylic acids is 2. The number of ether oxygens (including phenoxy) is 1. The summed E-state index contributed by atoms with van der Waals surface area (Å²) in [6, 6.07) is 11.8. The van der Waals surface area contributed by atoms with Crippen LogP contribution >= 0.6 is 11.3 Å². The highest BCUT2D eigenvalue weighted by Crippen LogP contribution is 2.36. The molecule has 6 nitrogen and oxygen atoms in total. The van der Waals surface area contributed by atoms with Crippen LogP contribution < -0.4 is 10.1 Å². The molecule has 3 heterocycles. The molecule has 2 aromatic heterocycles. The molecule has 1 N–H and O–H groups in total. The van der Waals surface area contributed by atoms with Crippen molar-refractivity contribution in [1.82, 2.24) is 14.8 Å². The lowest BCUT2D eigenvalue weighted by atomic mass is 9.93. The third-order valence-corrected chi connectivity index (χ3v) is 7.68. The standard InChI is InChI=1S/C24H27N3O3S/c1-24(23(29)25-18-8-4-5-9-18)15-26-19(13-16-11-12-31-22(16)26)21(28)27(24)14-17-7-3-6-10-20(17)30-2/h3,6-7,10-13,18H,4-5,8-9,14-15H2,1-2H3,(H,25,29)/t24-/m0/s1. The van der Waals surface area contributed by atoms with Crippen LogP contribution in [0.2, 0.25) is 0 Å². The quantitative estimate of drug-likeness (QED) is 0.651.